The zero-order valence-electron chi connectivity index (χ0n) is 12.1. The van der Waals surface area contributed by atoms with E-state index in [1.807, 2.05) is 24.3 Å². The number of hydrogen-bond donors (Lipinski definition) is 1. The number of halogens is 3. The van der Waals surface area contributed by atoms with Gasteiger partial charge in [-0.05, 0) is 42.5 Å². The van der Waals surface area contributed by atoms with E-state index in [0.717, 1.165) is 21.5 Å². The second kappa shape index (κ2) is 8.09. The summed E-state index contributed by atoms with van der Waals surface area (Å²) < 4.78 is 48.4. The lowest BCUT2D eigenvalue weighted by Gasteiger charge is -2.07. The number of rotatable bonds is 6. The van der Waals surface area contributed by atoms with Crippen LogP contribution in [-0.2, 0) is 14.6 Å². The number of benzene rings is 2. The van der Waals surface area contributed by atoms with E-state index < -0.39 is 20.5 Å². The summed E-state index contributed by atoms with van der Waals surface area (Å²) in [6.07, 6.45) is 0. The molecule has 0 aliphatic rings. The van der Waals surface area contributed by atoms with Gasteiger partial charge in [-0.1, -0.05) is 22.0 Å². The third kappa shape index (κ3) is 5.02. The second-order valence-electron chi connectivity index (χ2n) is 4.62. The number of carbonyl (C=O) groups is 1. The molecule has 128 valence electrons. The maximum Gasteiger partial charge on any atom is 0.341 e. The van der Waals surface area contributed by atoms with Crippen molar-refractivity contribution >= 4 is 49.1 Å². The van der Waals surface area contributed by atoms with E-state index in [9.17, 15) is 22.0 Å². The summed E-state index contributed by atoms with van der Waals surface area (Å²) in [5.74, 6) is -3.60. The van der Waals surface area contributed by atoms with Gasteiger partial charge in [0.15, 0.2) is 0 Å². The number of nitrogens with one attached hydrogen (secondary N) is 1. The lowest BCUT2D eigenvalue weighted by Crippen LogP contribution is -2.14. The van der Waals surface area contributed by atoms with Gasteiger partial charge in [0.25, 0.3) is 0 Å². The molecule has 2 aromatic carbocycles. The van der Waals surface area contributed by atoms with Crippen LogP contribution in [-0.4, -0.2) is 25.8 Å². The summed E-state index contributed by atoms with van der Waals surface area (Å²) in [6, 6.07) is 12.1. The number of sulfone groups is 1. The van der Waals surface area contributed by atoms with Gasteiger partial charge in [-0.15, -0.1) is 11.8 Å². The second-order valence-corrected chi connectivity index (χ2v) is 8.51. The van der Waals surface area contributed by atoms with E-state index in [0.29, 0.717) is 5.69 Å². The molecular weight excluding hydrogens is 424 g/mol. The molecule has 0 heterocycles. The standard InChI is InChI=1S/C15H12BrF2NO3S2/c16-10-2-1-3-12(8-10)23-9-14(20)19-11-4-6-13(7-5-11)24(21,22)15(17)18/h1-8,15H,9H2,(H,19,20). The molecule has 0 saturated heterocycles. The Bertz CT molecular complexity index is 827. The van der Waals surface area contributed by atoms with Gasteiger partial charge >= 0.3 is 5.76 Å². The molecule has 0 spiro atoms. The highest BCUT2D eigenvalue weighted by Gasteiger charge is 2.26. The van der Waals surface area contributed by atoms with Crippen molar-refractivity contribution in [3.8, 4) is 0 Å². The van der Waals surface area contributed by atoms with Crippen molar-refractivity contribution in [3.05, 3.63) is 53.0 Å². The van der Waals surface area contributed by atoms with Crippen molar-refractivity contribution in [2.24, 2.45) is 0 Å². The molecule has 0 aliphatic heterocycles. The molecule has 0 aliphatic carbocycles. The largest absolute Gasteiger partial charge is 0.341 e. The predicted molar refractivity (Wildman–Crippen MR) is 93.1 cm³/mol. The van der Waals surface area contributed by atoms with Crippen LogP contribution in [0.2, 0.25) is 0 Å². The number of amides is 1. The number of hydrogen-bond acceptors (Lipinski definition) is 4. The van der Waals surface area contributed by atoms with E-state index in [2.05, 4.69) is 21.2 Å². The first-order chi connectivity index (χ1) is 11.3. The fourth-order valence-corrected chi connectivity index (χ4v) is 3.76. The fraction of sp³-hybridized carbons (Fsp3) is 0.133. The molecule has 1 N–H and O–H groups in total. The zero-order chi connectivity index (χ0) is 17.7. The quantitative estimate of drug-likeness (QED) is 0.691. The number of alkyl halides is 2. The Balaban J connectivity index is 1.95. The molecule has 0 aromatic heterocycles. The minimum atomic E-state index is -4.63. The summed E-state index contributed by atoms with van der Waals surface area (Å²) >= 11 is 4.68. The van der Waals surface area contributed by atoms with E-state index in [1.165, 1.54) is 23.9 Å². The summed E-state index contributed by atoms with van der Waals surface area (Å²) in [7, 11) is -4.63. The van der Waals surface area contributed by atoms with Crippen LogP contribution in [0, 0.1) is 0 Å². The third-order valence-electron chi connectivity index (χ3n) is 2.87. The molecule has 0 unspecified atom stereocenters. The molecule has 24 heavy (non-hydrogen) atoms. The topological polar surface area (TPSA) is 63.2 Å². The summed E-state index contributed by atoms with van der Waals surface area (Å²) in [6.45, 7) is 0. The molecule has 2 aromatic rings. The molecule has 2 rings (SSSR count). The van der Waals surface area contributed by atoms with Gasteiger partial charge in [0.05, 0.1) is 10.6 Å². The van der Waals surface area contributed by atoms with E-state index in [1.54, 1.807) is 0 Å². The first-order valence-electron chi connectivity index (χ1n) is 6.59. The van der Waals surface area contributed by atoms with Crippen molar-refractivity contribution in [1.29, 1.82) is 0 Å². The lowest BCUT2D eigenvalue weighted by atomic mass is 10.3. The van der Waals surface area contributed by atoms with Crippen LogP contribution in [0.15, 0.2) is 62.8 Å². The van der Waals surface area contributed by atoms with Crippen molar-refractivity contribution < 1.29 is 22.0 Å². The smallest absolute Gasteiger partial charge is 0.325 e. The molecule has 0 atom stereocenters. The molecule has 0 fully saturated rings. The van der Waals surface area contributed by atoms with Crippen LogP contribution >= 0.6 is 27.7 Å². The Kier molecular flexibility index (Phi) is 6.36. The third-order valence-corrected chi connectivity index (χ3v) is 5.75. The van der Waals surface area contributed by atoms with Crippen LogP contribution in [0.4, 0.5) is 14.5 Å². The Labute approximate surface area is 150 Å². The maximum atomic E-state index is 12.4. The summed E-state index contributed by atoms with van der Waals surface area (Å²) in [5, 5.41) is 2.58. The molecule has 1 amide bonds. The Hall–Kier alpha value is -1.45. The van der Waals surface area contributed by atoms with Crippen LogP contribution in [0.1, 0.15) is 0 Å². The van der Waals surface area contributed by atoms with Crippen LogP contribution in [0.3, 0.4) is 0 Å². The maximum absolute atomic E-state index is 12.4. The van der Waals surface area contributed by atoms with Gasteiger partial charge in [0.2, 0.25) is 15.7 Å². The van der Waals surface area contributed by atoms with Crippen molar-refractivity contribution in [2.45, 2.75) is 15.5 Å². The van der Waals surface area contributed by atoms with Gasteiger partial charge in [0.1, 0.15) is 0 Å². The highest BCUT2D eigenvalue weighted by Crippen LogP contribution is 2.23. The summed E-state index contributed by atoms with van der Waals surface area (Å²) in [5.41, 5.74) is 0.336. The highest BCUT2D eigenvalue weighted by atomic mass is 79.9. The molecule has 0 saturated carbocycles. The number of thioether (sulfide) groups is 1. The molecule has 9 heteroatoms. The predicted octanol–water partition coefficient (Wildman–Crippen LogP) is 4.18. The Morgan fingerprint density at radius 3 is 2.42 bits per heavy atom. The van der Waals surface area contributed by atoms with Crippen LogP contribution < -0.4 is 5.32 Å². The highest BCUT2D eigenvalue weighted by molar-refractivity contribution is 9.10. The molecule has 0 radical (unpaired) electrons. The van der Waals surface area contributed by atoms with E-state index in [4.69, 9.17) is 0 Å². The van der Waals surface area contributed by atoms with Gasteiger partial charge in [-0.25, -0.2) is 8.42 Å². The van der Waals surface area contributed by atoms with Crippen molar-refractivity contribution in [2.75, 3.05) is 11.1 Å². The number of carbonyl (C=O) groups excluding carboxylic acids is 1. The van der Waals surface area contributed by atoms with Crippen LogP contribution in [0.5, 0.6) is 0 Å². The SMILES string of the molecule is O=C(CSc1cccc(Br)c1)Nc1ccc(S(=O)(=O)C(F)F)cc1. The normalized spacial score (nSPS) is 11.5. The first kappa shape index (κ1) is 18.9. The van der Waals surface area contributed by atoms with E-state index in [-0.39, 0.29) is 11.7 Å². The van der Waals surface area contributed by atoms with E-state index >= 15 is 0 Å². The minimum absolute atomic E-state index is 0.160. The molecule has 0 bridgehead atoms. The van der Waals surface area contributed by atoms with Gasteiger partial charge in [-0.2, -0.15) is 8.78 Å². The Morgan fingerprint density at radius 1 is 1.17 bits per heavy atom. The van der Waals surface area contributed by atoms with Crippen LogP contribution in [0.25, 0.3) is 0 Å². The fourth-order valence-electron chi connectivity index (χ4n) is 1.73. The van der Waals surface area contributed by atoms with Gasteiger partial charge in [-0.3, -0.25) is 4.79 Å². The lowest BCUT2D eigenvalue weighted by molar-refractivity contribution is -0.113. The average molecular weight is 436 g/mol. The Morgan fingerprint density at radius 2 is 1.83 bits per heavy atom. The monoisotopic (exact) mass is 435 g/mol. The van der Waals surface area contributed by atoms with Gasteiger partial charge in [0, 0.05) is 15.1 Å². The average Bonchev–Trinajstić information content (AvgIpc) is 2.53. The van der Waals surface area contributed by atoms with Crippen molar-refractivity contribution in [3.63, 3.8) is 0 Å². The number of anilines is 1. The molecular formula is C15H12BrF2NO3S2. The minimum Gasteiger partial charge on any atom is -0.325 e. The zero-order valence-corrected chi connectivity index (χ0v) is 15.3. The van der Waals surface area contributed by atoms with Gasteiger partial charge < -0.3 is 5.32 Å². The van der Waals surface area contributed by atoms with Crippen molar-refractivity contribution in [1.82, 2.24) is 0 Å². The summed E-state index contributed by atoms with van der Waals surface area (Å²) in [4.78, 5) is 12.3. The molecule has 4 nitrogen and oxygen atoms in total. The first-order valence-corrected chi connectivity index (χ1v) is 9.92.